The number of ether oxygens (including phenoxy) is 2. The lowest BCUT2D eigenvalue weighted by Gasteiger charge is -2.42. The minimum absolute atomic E-state index is 0.0478. The van der Waals surface area contributed by atoms with Gasteiger partial charge < -0.3 is 24.4 Å². The van der Waals surface area contributed by atoms with E-state index in [4.69, 9.17) is 9.47 Å². The lowest BCUT2D eigenvalue weighted by molar-refractivity contribution is -0.157. The van der Waals surface area contributed by atoms with Crippen molar-refractivity contribution in [2.45, 2.75) is 95.0 Å². The number of likely N-dealkylation sites (tertiary alicyclic amines) is 1. The van der Waals surface area contributed by atoms with Crippen molar-refractivity contribution >= 4 is 33.7 Å². The van der Waals surface area contributed by atoms with Crippen LogP contribution in [-0.2, 0) is 23.9 Å². The van der Waals surface area contributed by atoms with Crippen LogP contribution < -0.4 is 0 Å². The first kappa shape index (κ1) is 28.1. The number of nitrogens with zero attached hydrogens (tertiary/aromatic N) is 2. The van der Waals surface area contributed by atoms with Crippen LogP contribution in [0.15, 0.2) is 12.7 Å². The van der Waals surface area contributed by atoms with E-state index in [-0.39, 0.29) is 41.8 Å². The number of esters is 1. The molecule has 0 aliphatic carbocycles. The number of hydrogen-bond donors (Lipinski definition) is 1. The number of fused-ring (bicyclic) bond motifs is 1. The summed E-state index contributed by atoms with van der Waals surface area (Å²) >= 11 is 3.67. The summed E-state index contributed by atoms with van der Waals surface area (Å²) in [6, 6.07) is -1.56. The zero-order valence-corrected chi connectivity index (χ0v) is 23.2. The van der Waals surface area contributed by atoms with Crippen molar-refractivity contribution in [3.05, 3.63) is 12.7 Å². The summed E-state index contributed by atoms with van der Waals surface area (Å²) in [5.41, 5.74) is -1.16. The Balaban J connectivity index is 2.15. The van der Waals surface area contributed by atoms with Gasteiger partial charge in [-0.05, 0) is 32.6 Å². The average Bonchev–Trinajstić information content (AvgIpc) is 3.41. The molecule has 3 aliphatic heterocycles. The smallest absolute Gasteiger partial charge is 0.312 e. The van der Waals surface area contributed by atoms with E-state index in [1.807, 2.05) is 20.8 Å². The molecule has 2 amide bonds. The van der Waals surface area contributed by atoms with Crippen molar-refractivity contribution in [1.82, 2.24) is 9.80 Å². The van der Waals surface area contributed by atoms with E-state index in [1.165, 1.54) is 0 Å². The normalized spacial score (nSPS) is 33.9. The van der Waals surface area contributed by atoms with Gasteiger partial charge in [0.25, 0.3) is 0 Å². The topological polar surface area (TPSA) is 96.4 Å². The van der Waals surface area contributed by atoms with Crippen LogP contribution in [-0.4, -0.2) is 87.1 Å². The number of aliphatic hydroxyl groups is 1. The van der Waals surface area contributed by atoms with E-state index in [0.717, 1.165) is 19.3 Å². The van der Waals surface area contributed by atoms with Crippen LogP contribution in [0.25, 0.3) is 0 Å². The molecule has 3 fully saturated rings. The molecule has 9 heteroatoms. The predicted octanol–water partition coefficient (Wildman–Crippen LogP) is 2.91. The molecule has 35 heavy (non-hydrogen) atoms. The largest absolute Gasteiger partial charge is 0.466 e. The van der Waals surface area contributed by atoms with Crippen molar-refractivity contribution in [2.24, 2.45) is 17.8 Å². The Morgan fingerprint density at radius 1 is 1.37 bits per heavy atom. The van der Waals surface area contributed by atoms with E-state index < -0.39 is 41.6 Å². The molecule has 3 saturated heterocycles. The van der Waals surface area contributed by atoms with Crippen molar-refractivity contribution in [3.8, 4) is 0 Å². The van der Waals surface area contributed by atoms with Crippen molar-refractivity contribution in [2.75, 3.05) is 19.8 Å². The molecule has 0 saturated carbocycles. The Kier molecular flexibility index (Phi) is 9.08. The highest BCUT2D eigenvalue weighted by molar-refractivity contribution is 9.09. The first-order valence-corrected chi connectivity index (χ1v) is 13.9. The molecule has 0 aromatic rings. The number of alkyl halides is 1. The summed E-state index contributed by atoms with van der Waals surface area (Å²) in [5.74, 6) is -2.65. The Bertz CT molecular complexity index is 824. The summed E-state index contributed by atoms with van der Waals surface area (Å²) in [6.45, 7) is 13.9. The molecule has 0 aromatic heterocycles. The van der Waals surface area contributed by atoms with E-state index in [0.29, 0.717) is 13.0 Å². The minimum atomic E-state index is -1.16. The van der Waals surface area contributed by atoms with E-state index >= 15 is 0 Å². The van der Waals surface area contributed by atoms with Crippen LogP contribution in [0.2, 0.25) is 0 Å². The van der Waals surface area contributed by atoms with Gasteiger partial charge in [0.1, 0.15) is 11.6 Å². The molecule has 3 heterocycles. The first-order valence-electron chi connectivity index (χ1n) is 13.0. The second kappa shape index (κ2) is 11.3. The van der Waals surface area contributed by atoms with Crippen molar-refractivity contribution in [1.29, 1.82) is 0 Å². The van der Waals surface area contributed by atoms with Crippen LogP contribution in [0.5, 0.6) is 0 Å². The van der Waals surface area contributed by atoms with Gasteiger partial charge in [-0.25, -0.2) is 0 Å². The van der Waals surface area contributed by atoms with Crippen molar-refractivity contribution < 1.29 is 29.0 Å². The molecule has 8 nitrogen and oxygen atoms in total. The van der Waals surface area contributed by atoms with E-state index in [1.54, 1.807) is 22.8 Å². The Hall–Kier alpha value is -1.45. The van der Waals surface area contributed by atoms with Gasteiger partial charge in [0, 0.05) is 17.4 Å². The molecule has 198 valence electrons. The summed E-state index contributed by atoms with van der Waals surface area (Å²) < 4.78 is 11.9. The zero-order chi connectivity index (χ0) is 26.1. The lowest BCUT2D eigenvalue weighted by atomic mass is 9.70. The fraction of sp³-hybridized carbons (Fsp3) is 0.808. The highest BCUT2D eigenvalue weighted by atomic mass is 79.9. The SMILES string of the molecule is C=CCN(C(=O)C1N([C@@H](CO)[C@@H](C)CC)C(=O)[C@@H]2[C@@H](C(=O)OCC)[C@@H]3OC12CC3Br)C(C)CCC. The summed E-state index contributed by atoms with van der Waals surface area (Å²) in [5, 5.41) is 10.4. The zero-order valence-electron chi connectivity index (χ0n) is 21.6. The molecule has 2 bridgehead atoms. The van der Waals surface area contributed by atoms with Gasteiger partial charge in [0.2, 0.25) is 11.8 Å². The Morgan fingerprint density at radius 3 is 2.60 bits per heavy atom. The second-order valence-electron chi connectivity index (χ2n) is 10.2. The summed E-state index contributed by atoms with van der Waals surface area (Å²) in [6.07, 6.45) is 4.02. The van der Waals surface area contributed by atoms with Crippen LogP contribution in [0.4, 0.5) is 0 Å². The highest BCUT2D eigenvalue weighted by Crippen LogP contribution is 2.61. The maximum Gasteiger partial charge on any atom is 0.312 e. The number of rotatable bonds is 12. The molecular formula is C26H41BrN2O6. The number of amides is 2. The first-order chi connectivity index (χ1) is 16.6. The standard InChI is InChI=1S/C26H41BrN2O6/c1-7-11-16(6)28(12-8-2)24(32)22-26-13-17(27)21(35-26)19(25(33)34-10-4)20(26)23(31)29(22)18(14-30)15(5)9-3/h8,15-22,30H,2,7,9-14H2,1,3-6H3/t15-,16?,17?,18-,19+,20-,21+,22?,26?/m0/s1. The van der Waals surface area contributed by atoms with Crippen LogP contribution in [0.3, 0.4) is 0 Å². The molecule has 4 unspecified atom stereocenters. The average molecular weight is 558 g/mol. The highest BCUT2D eigenvalue weighted by Gasteiger charge is 2.77. The van der Waals surface area contributed by atoms with Gasteiger partial charge in [0.15, 0.2) is 0 Å². The Labute approximate surface area is 217 Å². The second-order valence-corrected chi connectivity index (χ2v) is 11.4. The number of hydrogen-bond acceptors (Lipinski definition) is 6. The van der Waals surface area contributed by atoms with Crippen LogP contribution in [0, 0.1) is 17.8 Å². The molecule has 1 spiro atoms. The molecule has 9 atom stereocenters. The number of carbonyl (C=O) groups is 3. The van der Waals surface area contributed by atoms with Gasteiger partial charge in [-0.15, -0.1) is 6.58 Å². The molecular weight excluding hydrogens is 516 g/mol. The maximum atomic E-state index is 14.4. The summed E-state index contributed by atoms with van der Waals surface area (Å²) in [4.78, 5) is 44.7. The molecule has 0 radical (unpaired) electrons. The van der Waals surface area contributed by atoms with E-state index in [2.05, 4.69) is 29.4 Å². The third-order valence-electron chi connectivity index (χ3n) is 8.21. The van der Waals surface area contributed by atoms with Gasteiger partial charge in [0.05, 0.1) is 37.2 Å². The fourth-order valence-electron chi connectivity index (χ4n) is 6.38. The fourth-order valence-corrected chi connectivity index (χ4v) is 7.33. The minimum Gasteiger partial charge on any atom is -0.466 e. The van der Waals surface area contributed by atoms with Gasteiger partial charge >= 0.3 is 5.97 Å². The van der Waals surface area contributed by atoms with Gasteiger partial charge in [-0.1, -0.05) is 55.6 Å². The van der Waals surface area contributed by atoms with Gasteiger partial charge in [-0.2, -0.15) is 0 Å². The van der Waals surface area contributed by atoms with Crippen LogP contribution >= 0.6 is 15.9 Å². The molecule has 3 aliphatic rings. The number of carbonyl (C=O) groups excluding carboxylic acids is 3. The van der Waals surface area contributed by atoms with E-state index in [9.17, 15) is 19.5 Å². The third kappa shape index (κ3) is 4.57. The molecule has 0 aromatic carbocycles. The van der Waals surface area contributed by atoms with Crippen molar-refractivity contribution in [3.63, 3.8) is 0 Å². The van der Waals surface area contributed by atoms with Crippen LogP contribution in [0.1, 0.15) is 60.3 Å². The predicted molar refractivity (Wildman–Crippen MR) is 136 cm³/mol. The number of halogens is 1. The third-order valence-corrected chi connectivity index (χ3v) is 9.06. The van der Waals surface area contributed by atoms with Gasteiger partial charge in [-0.3, -0.25) is 14.4 Å². The quantitative estimate of drug-likeness (QED) is 0.225. The lowest BCUT2D eigenvalue weighted by Crippen LogP contribution is -2.61. The monoisotopic (exact) mass is 556 g/mol. The maximum absolute atomic E-state index is 14.4. The molecule has 3 rings (SSSR count). The summed E-state index contributed by atoms with van der Waals surface area (Å²) in [7, 11) is 0. The Morgan fingerprint density at radius 2 is 2.06 bits per heavy atom. The molecule has 1 N–H and O–H groups in total. The number of aliphatic hydroxyl groups excluding tert-OH is 1.